The fourth-order valence-electron chi connectivity index (χ4n) is 2.58. The van der Waals surface area contributed by atoms with Gasteiger partial charge in [-0.1, -0.05) is 28.9 Å². The Morgan fingerprint density at radius 1 is 1.55 bits per heavy atom. The van der Waals surface area contributed by atoms with E-state index in [1.165, 1.54) is 5.56 Å². The second-order valence-corrected chi connectivity index (χ2v) is 6.10. The van der Waals surface area contributed by atoms with Gasteiger partial charge in [0.1, 0.15) is 0 Å². The molecule has 0 radical (unpaired) electrons. The number of halogens is 1. The monoisotopic (exact) mass is 339 g/mol. The minimum absolute atomic E-state index is 0.0241. The summed E-state index contributed by atoms with van der Waals surface area (Å²) in [5.74, 6) is -0.207. The Balaban J connectivity index is 2.08. The smallest absolute Gasteiger partial charge is 0.222 e. The third kappa shape index (κ3) is 3.73. The molecule has 110 valence electrons. The second kappa shape index (κ2) is 7.09. The number of piperidine rings is 1. The zero-order valence-corrected chi connectivity index (χ0v) is 13.4. The molecule has 5 heteroatoms. The molecule has 0 spiro atoms. The maximum absolute atomic E-state index is 11.3. The third-order valence-electron chi connectivity index (χ3n) is 3.79. The molecule has 2 rings (SSSR count). The number of nitrogens with zero attached hydrogens (tertiary/aromatic N) is 1. The van der Waals surface area contributed by atoms with Gasteiger partial charge < -0.3 is 16.0 Å². The zero-order chi connectivity index (χ0) is 14.5. The number of anilines is 1. The maximum Gasteiger partial charge on any atom is 0.222 e. The average Bonchev–Trinajstić information content (AvgIpc) is 2.46. The Kier molecular flexibility index (Phi) is 5.43. The van der Waals surface area contributed by atoms with Crippen LogP contribution in [-0.2, 0) is 11.3 Å². The average molecular weight is 340 g/mol. The SMILES string of the molecule is CCNCc1ccc(N2CCCC(C(N)=O)C2)cc1Br. The van der Waals surface area contributed by atoms with E-state index in [0.29, 0.717) is 0 Å². The summed E-state index contributed by atoms with van der Waals surface area (Å²) in [5, 5.41) is 3.32. The summed E-state index contributed by atoms with van der Waals surface area (Å²) in [6, 6.07) is 6.40. The van der Waals surface area contributed by atoms with Crippen LogP contribution in [0.15, 0.2) is 22.7 Å². The Bertz CT molecular complexity index is 478. The lowest BCUT2D eigenvalue weighted by atomic mass is 9.97. The molecule has 1 aromatic rings. The van der Waals surface area contributed by atoms with Crippen molar-refractivity contribution in [1.82, 2.24) is 5.32 Å². The van der Waals surface area contributed by atoms with Crippen molar-refractivity contribution in [3.63, 3.8) is 0 Å². The summed E-state index contributed by atoms with van der Waals surface area (Å²) in [6.45, 7) is 5.64. The molecule has 1 amide bonds. The van der Waals surface area contributed by atoms with E-state index in [-0.39, 0.29) is 11.8 Å². The van der Waals surface area contributed by atoms with Gasteiger partial charge in [-0.05, 0) is 37.1 Å². The van der Waals surface area contributed by atoms with E-state index in [1.807, 2.05) is 0 Å². The first-order valence-corrected chi connectivity index (χ1v) is 7.94. The number of carbonyl (C=O) groups excluding carboxylic acids is 1. The Labute approximate surface area is 128 Å². The van der Waals surface area contributed by atoms with Crippen molar-refractivity contribution in [2.75, 3.05) is 24.5 Å². The van der Waals surface area contributed by atoms with E-state index in [1.54, 1.807) is 0 Å². The molecule has 0 aromatic heterocycles. The number of rotatable bonds is 5. The predicted molar refractivity (Wildman–Crippen MR) is 85.7 cm³/mol. The summed E-state index contributed by atoms with van der Waals surface area (Å²) in [4.78, 5) is 13.6. The van der Waals surface area contributed by atoms with Gasteiger partial charge >= 0.3 is 0 Å². The van der Waals surface area contributed by atoms with Gasteiger partial charge in [0.15, 0.2) is 0 Å². The third-order valence-corrected chi connectivity index (χ3v) is 4.53. The van der Waals surface area contributed by atoms with E-state index in [0.717, 1.165) is 49.2 Å². The van der Waals surface area contributed by atoms with Crippen LogP contribution in [0.25, 0.3) is 0 Å². The van der Waals surface area contributed by atoms with Crippen LogP contribution in [0.2, 0.25) is 0 Å². The highest BCUT2D eigenvalue weighted by atomic mass is 79.9. The topological polar surface area (TPSA) is 58.4 Å². The number of carbonyl (C=O) groups is 1. The number of benzene rings is 1. The summed E-state index contributed by atoms with van der Waals surface area (Å²) >= 11 is 3.63. The minimum Gasteiger partial charge on any atom is -0.371 e. The van der Waals surface area contributed by atoms with E-state index in [2.05, 4.69) is 51.3 Å². The molecule has 1 atom stereocenters. The van der Waals surface area contributed by atoms with E-state index >= 15 is 0 Å². The fourth-order valence-corrected chi connectivity index (χ4v) is 3.09. The number of hydrogen-bond acceptors (Lipinski definition) is 3. The normalized spacial score (nSPS) is 19.1. The Hall–Kier alpha value is -1.07. The van der Waals surface area contributed by atoms with Crippen LogP contribution in [0.4, 0.5) is 5.69 Å². The number of nitrogens with two attached hydrogens (primary N) is 1. The molecule has 1 heterocycles. The molecule has 1 fully saturated rings. The van der Waals surface area contributed by atoms with E-state index in [9.17, 15) is 4.79 Å². The van der Waals surface area contributed by atoms with Gasteiger partial charge in [0.25, 0.3) is 0 Å². The van der Waals surface area contributed by atoms with Gasteiger partial charge in [0.05, 0.1) is 5.92 Å². The predicted octanol–water partition coefficient (Wildman–Crippen LogP) is 2.26. The zero-order valence-electron chi connectivity index (χ0n) is 11.9. The van der Waals surface area contributed by atoms with Crippen molar-refractivity contribution in [1.29, 1.82) is 0 Å². The highest BCUT2D eigenvalue weighted by Gasteiger charge is 2.24. The lowest BCUT2D eigenvalue weighted by molar-refractivity contribution is -0.122. The standard InChI is InChI=1S/C15H22BrN3O/c1-2-18-9-11-5-6-13(8-14(11)16)19-7-3-4-12(10-19)15(17)20/h5-6,8,12,18H,2-4,7,9-10H2,1H3,(H2,17,20). The summed E-state index contributed by atoms with van der Waals surface area (Å²) in [7, 11) is 0. The molecule has 1 aliphatic heterocycles. The molecule has 20 heavy (non-hydrogen) atoms. The summed E-state index contributed by atoms with van der Waals surface area (Å²) in [5.41, 5.74) is 7.84. The lowest BCUT2D eigenvalue weighted by Gasteiger charge is -2.33. The van der Waals surface area contributed by atoms with Crippen molar-refractivity contribution in [3.8, 4) is 0 Å². The number of primary amides is 1. The van der Waals surface area contributed by atoms with Crippen molar-refractivity contribution in [3.05, 3.63) is 28.2 Å². The van der Waals surface area contributed by atoms with Crippen LogP contribution >= 0.6 is 15.9 Å². The number of amides is 1. The van der Waals surface area contributed by atoms with Crippen LogP contribution in [0, 0.1) is 5.92 Å². The van der Waals surface area contributed by atoms with Crippen LogP contribution in [0.1, 0.15) is 25.3 Å². The molecule has 1 aliphatic rings. The van der Waals surface area contributed by atoms with E-state index < -0.39 is 0 Å². The first-order chi connectivity index (χ1) is 9.61. The lowest BCUT2D eigenvalue weighted by Crippen LogP contribution is -2.41. The maximum atomic E-state index is 11.3. The van der Waals surface area contributed by atoms with Gasteiger partial charge in [0, 0.05) is 29.8 Å². The molecule has 0 saturated carbocycles. The molecular weight excluding hydrogens is 318 g/mol. The van der Waals surface area contributed by atoms with Crippen LogP contribution in [0.3, 0.4) is 0 Å². The van der Waals surface area contributed by atoms with Crippen LogP contribution < -0.4 is 16.0 Å². The molecule has 0 bridgehead atoms. The molecule has 0 aliphatic carbocycles. The fraction of sp³-hybridized carbons (Fsp3) is 0.533. The molecule has 4 nitrogen and oxygen atoms in total. The Morgan fingerprint density at radius 3 is 3.00 bits per heavy atom. The van der Waals surface area contributed by atoms with E-state index in [4.69, 9.17) is 5.73 Å². The number of hydrogen-bond donors (Lipinski definition) is 2. The highest BCUT2D eigenvalue weighted by molar-refractivity contribution is 9.10. The first-order valence-electron chi connectivity index (χ1n) is 7.15. The van der Waals surface area contributed by atoms with Gasteiger partial charge in [-0.25, -0.2) is 0 Å². The quantitative estimate of drug-likeness (QED) is 0.864. The van der Waals surface area contributed by atoms with Crippen molar-refractivity contribution in [2.45, 2.75) is 26.3 Å². The molecule has 3 N–H and O–H groups in total. The van der Waals surface area contributed by atoms with Crippen LogP contribution in [-0.4, -0.2) is 25.5 Å². The van der Waals surface area contributed by atoms with Gasteiger partial charge in [0.2, 0.25) is 5.91 Å². The second-order valence-electron chi connectivity index (χ2n) is 5.24. The largest absolute Gasteiger partial charge is 0.371 e. The van der Waals surface area contributed by atoms with Gasteiger partial charge in [-0.3, -0.25) is 4.79 Å². The first kappa shape index (κ1) is 15.3. The van der Waals surface area contributed by atoms with Crippen molar-refractivity contribution < 1.29 is 4.79 Å². The van der Waals surface area contributed by atoms with Crippen molar-refractivity contribution >= 4 is 27.5 Å². The summed E-state index contributed by atoms with van der Waals surface area (Å²) < 4.78 is 1.11. The highest BCUT2D eigenvalue weighted by Crippen LogP contribution is 2.27. The molecule has 1 unspecified atom stereocenters. The van der Waals surface area contributed by atoms with Crippen LogP contribution in [0.5, 0.6) is 0 Å². The van der Waals surface area contributed by atoms with Gasteiger partial charge in [-0.15, -0.1) is 0 Å². The summed E-state index contributed by atoms with van der Waals surface area (Å²) in [6.07, 6.45) is 1.93. The molecular formula is C15H22BrN3O. The van der Waals surface area contributed by atoms with Crippen molar-refractivity contribution in [2.24, 2.45) is 11.7 Å². The van der Waals surface area contributed by atoms with Gasteiger partial charge in [-0.2, -0.15) is 0 Å². The molecule has 1 aromatic carbocycles. The molecule has 1 saturated heterocycles. The minimum atomic E-state index is -0.183. The number of nitrogens with one attached hydrogen (secondary N) is 1. The Morgan fingerprint density at radius 2 is 2.35 bits per heavy atom.